The van der Waals surface area contributed by atoms with E-state index in [1.807, 2.05) is 24.5 Å². The minimum Gasteiger partial charge on any atom is -0.508 e. The highest BCUT2D eigenvalue weighted by atomic mass is 19.1. The Morgan fingerprint density at radius 3 is 2.58 bits per heavy atom. The summed E-state index contributed by atoms with van der Waals surface area (Å²) in [6.07, 6.45) is 1.56. The second kappa shape index (κ2) is 7.23. The van der Waals surface area contributed by atoms with Crippen molar-refractivity contribution in [2.24, 2.45) is 5.10 Å². The van der Waals surface area contributed by atoms with Crippen molar-refractivity contribution in [2.75, 3.05) is 0 Å². The summed E-state index contributed by atoms with van der Waals surface area (Å²) in [7, 11) is 0. The van der Waals surface area contributed by atoms with E-state index >= 15 is 0 Å². The van der Waals surface area contributed by atoms with E-state index in [1.54, 1.807) is 30.5 Å². The third kappa shape index (κ3) is 3.64. The molecule has 2 aromatic carbocycles. The topological polar surface area (TPSA) is 66.6 Å². The molecule has 0 spiro atoms. The van der Waals surface area contributed by atoms with Crippen molar-refractivity contribution >= 4 is 12.1 Å². The number of aromatic hydroxyl groups is 1. The number of aryl methyl sites for hydroxylation is 1. The number of hydrogen-bond donors (Lipinski definition) is 2. The Hall–Kier alpha value is -3.41. The molecule has 5 nitrogen and oxygen atoms in total. The lowest BCUT2D eigenvalue weighted by Gasteiger charge is -2.09. The molecule has 0 atom stereocenters. The molecular weight excluding hydrogens is 333 g/mol. The summed E-state index contributed by atoms with van der Waals surface area (Å²) in [6, 6.07) is 14.2. The number of aromatic nitrogens is 1. The molecule has 6 heteroatoms. The smallest absolute Gasteiger partial charge is 0.271 e. The molecule has 26 heavy (non-hydrogen) atoms. The summed E-state index contributed by atoms with van der Waals surface area (Å²) in [5.41, 5.74) is 6.33. The van der Waals surface area contributed by atoms with Crippen LogP contribution in [-0.2, 0) is 0 Å². The molecule has 132 valence electrons. The van der Waals surface area contributed by atoms with Gasteiger partial charge in [-0.15, -0.1) is 0 Å². The molecule has 3 rings (SSSR count). The van der Waals surface area contributed by atoms with Crippen LogP contribution in [0.2, 0.25) is 0 Å². The van der Waals surface area contributed by atoms with Crippen LogP contribution in [0.25, 0.3) is 5.69 Å². The maximum absolute atomic E-state index is 13.1. The number of carbonyl (C=O) groups excluding carboxylic acids is 1. The summed E-state index contributed by atoms with van der Waals surface area (Å²) < 4.78 is 15.1. The maximum Gasteiger partial charge on any atom is 0.271 e. The number of nitrogens with one attached hydrogen (secondary N) is 1. The Morgan fingerprint density at radius 2 is 1.88 bits per heavy atom. The van der Waals surface area contributed by atoms with E-state index in [9.17, 15) is 14.3 Å². The summed E-state index contributed by atoms with van der Waals surface area (Å²) in [5, 5.41) is 13.4. The fourth-order valence-corrected chi connectivity index (χ4v) is 2.78. The predicted octanol–water partition coefficient (Wildman–Crippen LogP) is 3.70. The minimum absolute atomic E-state index is 0.0180. The van der Waals surface area contributed by atoms with E-state index in [0.29, 0.717) is 5.56 Å². The van der Waals surface area contributed by atoms with Crippen molar-refractivity contribution in [1.82, 2.24) is 9.99 Å². The molecule has 2 N–H and O–H groups in total. The van der Waals surface area contributed by atoms with Crippen LogP contribution >= 0.6 is 0 Å². The number of rotatable bonds is 4. The first-order valence-electron chi connectivity index (χ1n) is 8.03. The van der Waals surface area contributed by atoms with E-state index in [4.69, 9.17) is 0 Å². The van der Waals surface area contributed by atoms with Crippen LogP contribution in [0.5, 0.6) is 5.75 Å². The Labute approximate surface area is 150 Å². The highest BCUT2D eigenvalue weighted by Crippen LogP contribution is 2.20. The molecule has 1 amide bonds. The number of benzene rings is 2. The minimum atomic E-state index is -0.413. The standard InChI is InChI=1S/C20H18FN3O2/c1-13-10-16(14(2)24(13)18-8-6-17(21)7-9-18)12-22-23-20(26)15-4-3-5-19(25)11-15/h3-12,25H,1-2H3,(H,23,26)/b22-12+. The lowest BCUT2D eigenvalue weighted by molar-refractivity contribution is 0.0954. The molecular formula is C20H18FN3O2. The molecule has 0 saturated carbocycles. The first-order chi connectivity index (χ1) is 12.5. The lowest BCUT2D eigenvalue weighted by Crippen LogP contribution is -2.17. The van der Waals surface area contributed by atoms with Gasteiger partial charge >= 0.3 is 0 Å². The summed E-state index contributed by atoms with van der Waals surface area (Å²) in [5.74, 6) is -0.679. The average Bonchev–Trinajstić information content (AvgIpc) is 2.89. The first-order valence-corrected chi connectivity index (χ1v) is 8.03. The van der Waals surface area contributed by atoms with E-state index in [-0.39, 0.29) is 11.6 Å². The van der Waals surface area contributed by atoms with Crippen LogP contribution < -0.4 is 5.43 Å². The van der Waals surface area contributed by atoms with E-state index < -0.39 is 5.91 Å². The van der Waals surface area contributed by atoms with Gasteiger partial charge in [0.25, 0.3) is 5.91 Å². The SMILES string of the molecule is Cc1cc(/C=N/NC(=O)c2cccc(O)c2)c(C)n1-c1ccc(F)cc1. The van der Waals surface area contributed by atoms with Crippen molar-refractivity contribution in [3.8, 4) is 11.4 Å². The zero-order chi connectivity index (χ0) is 18.7. The molecule has 0 unspecified atom stereocenters. The fraction of sp³-hybridized carbons (Fsp3) is 0.100. The summed E-state index contributed by atoms with van der Waals surface area (Å²) in [4.78, 5) is 12.0. The number of halogens is 1. The van der Waals surface area contributed by atoms with Gasteiger partial charge < -0.3 is 9.67 Å². The van der Waals surface area contributed by atoms with Gasteiger partial charge in [-0.1, -0.05) is 6.07 Å². The quantitative estimate of drug-likeness (QED) is 0.556. The highest BCUT2D eigenvalue weighted by molar-refractivity contribution is 5.95. The molecule has 0 aliphatic heterocycles. The largest absolute Gasteiger partial charge is 0.508 e. The Kier molecular flexibility index (Phi) is 4.84. The molecule has 0 aliphatic carbocycles. The number of amides is 1. The van der Waals surface area contributed by atoms with Gasteiger partial charge in [0.15, 0.2) is 0 Å². The Balaban J connectivity index is 1.78. The fourth-order valence-electron chi connectivity index (χ4n) is 2.78. The number of nitrogens with zero attached hydrogens (tertiary/aromatic N) is 2. The van der Waals surface area contributed by atoms with Crippen molar-refractivity contribution in [3.63, 3.8) is 0 Å². The molecule has 0 radical (unpaired) electrons. The first kappa shape index (κ1) is 17.4. The van der Waals surface area contributed by atoms with Crippen LogP contribution in [0.15, 0.2) is 59.7 Å². The van der Waals surface area contributed by atoms with E-state index in [0.717, 1.165) is 22.6 Å². The monoisotopic (exact) mass is 351 g/mol. The van der Waals surface area contributed by atoms with E-state index in [1.165, 1.54) is 24.3 Å². The molecule has 0 aliphatic rings. The third-order valence-corrected chi connectivity index (χ3v) is 4.03. The zero-order valence-electron chi connectivity index (χ0n) is 14.4. The lowest BCUT2D eigenvalue weighted by atomic mass is 10.2. The zero-order valence-corrected chi connectivity index (χ0v) is 14.4. The van der Waals surface area contributed by atoms with Gasteiger partial charge in [-0.05, 0) is 62.4 Å². The van der Waals surface area contributed by atoms with Crippen molar-refractivity contribution < 1.29 is 14.3 Å². The second-order valence-corrected chi connectivity index (χ2v) is 5.89. The Bertz CT molecular complexity index is 975. The molecule has 0 saturated heterocycles. The average molecular weight is 351 g/mol. The van der Waals surface area contributed by atoms with Crippen molar-refractivity contribution in [3.05, 3.63) is 82.9 Å². The third-order valence-electron chi connectivity index (χ3n) is 4.03. The van der Waals surface area contributed by atoms with Crippen LogP contribution in [0.3, 0.4) is 0 Å². The molecule has 3 aromatic rings. The molecule has 1 heterocycles. The molecule has 1 aromatic heterocycles. The molecule has 0 bridgehead atoms. The number of carbonyl (C=O) groups is 1. The van der Waals surface area contributed by atoms with Gasteiger partial charge in [0.2, 0.25) is 0 Å². The summed E-state index contributed by atoms with van der Waals surface area (Å²) in [6.45, 7) is 3.87. The van der Waals surface area contributed by atoms with Crippen LogP contribution in [0, 0.1) is 19.7 Å². The van der Waals surface area contributed by atoms with Crippen LogP contribution in [-0.4, -0.2) is 21.8 Å². The molecule has 0 fully saturated rings. The van der Waals surface area contributed by atoms with Gasteiger partial charge in [-0.25, -0.2) is 9.82 Å². The number of phenols is 1. The van der Waals surface area contributed by atoms with Crippen LogP contribution in [0.1, 0.15) is 27.3 Å². The summed E-state index contributed by atoms with van der Waals surface area (Å²) >= 11 is 0. The van der Waals surface area contributed by atoms with Gasteiger partial charge in [0.1, 0.15) is 11.6 Å². The van der Waals surface area contributed by atoms with Gasteiger partial charge in [0, 0.05) is 28.2 Å². The number of phenolic OH excluding ortho intramolecular Hbond substituents is 1. The van der Waals surface area contributed by atoms with Gasteiger partial charge in [0.05, 0.1) is 6.21 Å². The highest BCUT2D eigenvalue weighted by Gasteiger charge is 2.10. The normalized spacial score (nSPS) is 11.0. The van der Waals surface area contributed by atoms with Gasteiger partial charge in [-0.3, -0.25) is 4.79 Å². The van der Waals surface area contributed by atoms with E-state index in [2.05, 4.69) is 10.5 Å². The van der Waals surface area contributed by atoms with Crippen LogP contribution in [0.4, 0.5) is 4.39 Å². The van der Waals surface area contributed by atoms with Crippen molar-refractivity contribution in [1.29, 1.82) is 0 Å². The Morgan fingerprint density at radius 1 is 1.15 bits per heavy atom. The van der Waals surface area contributed by atoms with Gasteiger partial charge in [-0.2, -0.15) is 5.10 Å². The number of hydrogen-bond acceptors (Lipinski definition) is 3. The maximum atomic E-state index is 13.1. The predicted molar refractivity (Wildman–Crippen MR) is 98.4 cm³/mol. The second-order valence-electron chi connectivity index (χ2n) is 5.89. The van der Waals surface area contributed by atoms with Crippen molar-refractivity contribution in [2.45, 2.75) is 13.8 Å². The number of hydrazone groups is 1.